The average Bonchev–Trinajstić information content (AvgIpc) is 3.05. The number of nitrogens with one attached hydrogen (secondary N) is 2. The number of anilines is 1. The number of aromatic nitrogens is 5. The fraction of sp³-hybridized carbons (Fsp3) is 0.385. The molecule has 6 nitrogen and oxygen atoms in total. The first-order valence-corrected chi connectivity index (χ1v) is 7.36. The smallest absolute Gasteiger partial charge is 0.138 e. The van der Waals surface area contributed by atoms with E-state index in [1.54, 1.807) is 17.7 Å². The number of H-pyrrole nitrogens is 1. The molecular weight excluding hydrogens is 272 g/mol. The number of aryl methyl sites for hydroxylation is 3. The maximum Gasteiger partial charge on any atom is 0.138 e. The van der Waals surface area contributed by atoms with Gasteiger partial charge in [-0.25, -0.2) is 15.0 Å². The summed E-state index contributed by atoms with van der Waals surface area (Å²) in [6.07, 6.45) is 5.01. The van der Waals surface area contributed by atoms with E-state index in [-0.39, 0.29) is 0 Å². The second-order valence-electron chi connectivity index (χ2n) is 4.65. The fourth-order valence-electron chi connectivity index (χ4n) is 2.13. The predicted octanol–water partition coefficient (Wildman–Crippen LogP) is 2.47. The van der Waals surface area contributed by atoms with Crippen LogP contribution in [-0.2, 0) is 6.42 Å². The molecule has 3 aromatic heterocycles. The molecule has 3 heterocycles. The van der Waals surface area contributed by atoms with Gasteiger partial charge in [0.2, 0.25) is 0 Å². The van der Waals surface area contributed by atoms with Crippen LogP contribution in [0.2, 0.25) is 0 Å². The molecule has 0 aliphatic rings. The van der Waals surface area contributed by atoms with Gasteiger partial charge in [0.1, 0.15) is 29.1 Å². The van der Waals surface area contributed by atoms with Gasteiger partial charge >= 0.3 is 0 Å². The minimum absolute atomic E-state index is 0.848. The molecule has 0 unspecified atom stereocenters. The Bertz CT molecular complexity index is 703. The van der Waals surface area contributed by atoms with Gasteiger partial charge < -0.3 is 5.32 Å². The van der Waals surface area contributed by atoms with Gasteiger partial charge in [-0.2, -0.15) is 5.10 Å². The Balaban J connectivity index is 1.68. The Labute approximate surface area is 120 Å². The molecule has 0 radical (unpaired) electrons. The number of aromatic amines is 1. The van der Waals surface area contributed by atoms with Crippen LogP contribution in [0.5, 0.6) is 0 Å². The minimum atomic E-state index is 0.848. The summed E-state index contributed by atoms with van der Waals surface area (Å²) in [5.74, 6) is 1.84. The highest BCUT2D eigenvalue weighted by molar-refractivity contribution is 7.18. The van der Waals surface area contributed by atoms with Gasteiger partial charge in [0, 0.05) is 17.8 Å². The van der Waals surface area contributed by atoms with E-state index in [4.69, 9.17) is 0 Å². The summed E-state index contributed by atoms with van der Waals surface area (Å²) in [6.45, 7) is 5.09. The van der Waals surface area contributed by atoms with Crippen molar-refractivity contribution in [3.8, 4) is 0 Å². The predicted molar refractivity (Wildman–Crippen MR) is 80.1 cm³/mol. The van der Waals surface area contributed by atoms with Crippen LogP contribution >= 0.6 is 11.3 Å². The van der Waals surface area contributed by atoms with Crippen molar-refractivity contribution in [1.82, 2.24) is 25.1 Å². The highest BCUT2D eigenvalue weighted by atomic mass is 32.1. The molecule has 7 heteroatoms. The molecule has 0 atom stereocenters. The Morgan fingerprint density at radius 1 is 1.20 bits per heavy atom. The molecule has 3 aromatic rings. The quantitative estimate of drug-likeness (QED) is 0.705. The van der Waals surface area contributed by atoms with Gasteiger partial charge in [0.25, 0.3) is 0 Å². The zero-order valence-electron chi connectivity index (χ0n) is 11.5. The Morgan fingerprint density at radius 2 is 2.10 bits per heavy atom. The van der Waals surface area contributed by atoms with Crippen LogP contribution in [-0.4, -0.2) is 31.7 Å². The Hall–Kier alpha value is -2.02. The second kappa shape index (κ2) is 5.54. The van der Waals surface area contributed by atoms with Crippen LogP contribution in [0.4, 0.5) is 5.82 Å². The Kier molecular flexibility index (Phi) is 3.60. The largest absolute Gasteiger partial charge is 0.369 e. The first kappa shape index (κ1) is 13.0. The van der Waals surface area contributed by atoms with Crippen molar-refractivity contribution in [3.63, 3.8) is 0 Å². The molecule has 20 heavy (non-hydrogen) atoms. The molecule has 0 aromatic carbocycles. The van der Waals surface area contributed by atoms with Crippen molar-refractivity contribution >= 4 is 27.4 Å². The van der Waals surface area contributed by atoms with Crippen molar-refractivity contribution in [2.75, 3.05) is 11.9 Å². The third-order valence-corrected chi connectivity index (χ3v) is 4.43. The van der Waals surface area contributed by atoms with Crippen molar-refractivity contribution in [1.29, 1.82) is 0 Å². The number of nitrogens with zero attached hydrogens (tertiary/aromatic N) is 4. The topological polar surface area (TPSA) is 79.4 Å². The van der Waals surface area contributed by atoms with E-state index in [0.29, 0.717) is 0 Å². The summed E-state index contributed by atoms with van der Waals surface area (Å²) < 4.78 is 0. The van der Waals surface area contributed by atoms with Crippen LogP contribution < -0.4 is 5.32 Å². The lowest BCUT2D eigenvalue weighted by Gasteiger charge is -2.06. The van der Waals surface area contributed by atoms with Gasteiger partial charge in [-0.3, -0.25) is 5.10 Å². The second-order valence-corrected chi connectivity index (χ2v) is 5.85. The lowest BCUT2D eigenvalue weighted by atomic mass is 10.2. The fourth-order valence-corrected chi connectivity index (χ4v) is 3.13. The molecule has 2 N–H and O–H groups in total. The molecule has 0 saturated heterocycles. The minimum Gasteiger partial charge on any atom is -0.369 e. The maximum absolute atomic E-state index is 4.36. The van der Waals surface area contributed by atoms with E-state index in [9.17, 15) is 0 Å². The lowest BCUT2D eigenvalue weighted by Crippen LogP contribution is -2.06. The number of fused-ring (bicyclic) bond motifs is 1. The number of hydrogen-bond acceptors (Lipinski definition) is 6. The molecule has 0 aliphatic carbocycles. The summed E-state index contributed by atoms with van der Waals surface area (Å²) in [4.78, 5) is 15.2. The van der Waals surface area contributed by atoms with Crippen molar-refractivity contribution in [3.05, 3.63) is 28.9 Å². The van der Waals surface area contributed by atoms with E-state index in [2.05, 4.69) is 44.3 Å². The molecule has 3 rings (SSSR count). The molecule has 0 amide bonds. The van der Waals surface area contributed by atoms with Crippen LogP contribution in [0.3, 0.4) is 0 Å². The average molecular weight is 288 g/mol. The lowest BCUT2D eigenvalue weighted by molar-refractivity contribution is 0.804. The standard InChI is InChI=1S/C13H16N6S/c1-8-9(2)20-13-11(8)12(16-6-17-13)14-5-3-4-10-15-7-18-19-10/h6-7H,3-5H2,1-2H3,(H,14,16,17)(H,15,18,19). The highest BCUT2D eigenvalue weighted by Crippen LogP contribution is 2.32. The Morgan fingerprint density at radius 3 is 2.90 bits per heavy atom. The third-order valence-electron chi connectivity index (χ3n) is 3.31. The SMILES string of the molecule is Cc1sc2ncnc(NCCCc3ncn[nH]3)c2c1C. The van der Waals surface area contributed by atoms with Crippen LogP contribution in [0.1, 0.15) is 22.7 Å². The molecule has 0 bridgehead atoms. The van der Waals surface area contributed by atoms with E-state index >= 15 is 0 Å². The van der Waals surface area contributed by atoms with Crippen molar-refractivity contribution in [2.24, 2.45) is 0 Å². The van der Waals surface area contributed by atoms with E-state index < -0.39 is 0 Å². The van der Waals surface area contributed by atoms with Gasteiger partial charge in [0.15, 0.2) is 0 Å². The summed E-state index contributed by atoms with van der Waals surface area (Å²) >= 11 is 1.72. The van der Waals surface area contributed by atoms with Crippen molar-refractivity contribution in [2.45, 2.75) is 26.7 Å². The van der Waals surface area contributed by atoms with Gasteiger partial charge in [-0.1, -0.05) is 0 Å². The molecular formula is C13H16N6S. The van der Waals surface area contributed by atoms with Gasteiger partial charge in [-0.15, -0.1) is 11.3 Å². The van der Waals surface area contributed by atoms with Crippen LogP contribution in [0.25, 0.3) is 10.2 Å². The number of thiophene rings is 1. The van der Waals surface area contributed by atoms with Crippen LogP contribution in [0, 0.1) is 13.8 Å². The highest BCUT2D eigenvalue weighted by Gasteiger charge is 2.11. The summed E-state index contributed by atoms with van der Waals surface area (Å²) in [5, 5.41) is 11.2. The first-order chi connectivity index (χ1) is 9.75. The zero-order chi connectivity index (χ0) is 13.9. The zero-order valence-corrected chi connectivity index (χ0v) is 12.3. The van der Waals surface area contributed by atoms with E-state index in [1.165, 1.54) is 16.8 Å². The van der Waals surface area contributed by atoms with E-state index in [1.807, 2.05) is 0 Å². The molecule has 0 aliphatic heterocycles. The molecule has 0 saturated carbocycles. The normalized spacial score (nSPS) is 11.1. The van der Waals surface area contributed by atoms with Gasteiger partial charge in [0.05, 0.1) is 5.39 Å². The molecule has 104 valence electrons. The van der Waals surface area contributed by atoms with E-state index in [0.717, 1.165) is 41.2 Å². The van der Waals surface area contributed by atoms with Crippen LogP contribution in [0.15, 0.2) is 12.7 Å². The number of rotatable bonds is 5. The number of hydrogen-bond donors (Lipinski definition) is 2. The third kappa shape index (κ3) is 2.49. The van der Waals surface area contributed by atoms with Gasteiger partial charge in [-0.05, 0) is 25.8 Å². The summed E-state index contributed by atoms with van der Waals surface area (Å²) in [6, 6.07) is 0. The monoisotopic (exact) mass is 288 g/mol. The molecule has 0 fully saturated rings. The summed E-state index contributed by atoms with van der Waals surface area (Å²) in [5.41, 5.74) is 1.27. The maximum atomic E-state index is 4.36. The summed E-state index contributed by atoms with van der Waals surface area (Å²) in [7, 11) is 0. The van der Waals surface area contributed by atoms with Crippen molar-refractivity contribution < 1.29 is 0 Å². The molecule has 0 spiro atoms. The first-order valence-electron chi connectivity index (χ1n) is 6.54.